The van der Waals surface area contributed by atoms with Gasteiger partial charge in [-0.25, -0.2) is 4.68 Å². The highest BCUT2D eigenvalue weighted by molar-refractivity contribution is 5.94. The molecule has 4 rings (SSSR count). The molecule has 0 saturated heterocycles. The van der Waals surface area contributed by atoms with Gasteiger partial charge in [0.25, 0.3) is 5.91 Å². The van der Waals surface area contributed by atoms with Gasteiger partial charge in [0.2, 0.25) is 0 Å². The van der Waals surface area contributed by atoms with E-state index >= 15 is 0 Å². The van der Waals surface area contributed by atoms with Crippen molar-refractivity contribution in [3.05, 3.63) is 95.2 Å². The molecule has 3 aromatic carbocycles. The number of benzene rings is 3. The third-order valence-corrected chi connectivity index (χ3v) is 5.89. The van der Waals surface area contributed by atoms with Crippen LogP contribution in [0.5, 0.6) is 11.5 Å². The van der Waals surface area contributed by atoms with Crippen LogP contribution < -0.4 is 14.8 Å². The second-order valence-electron chi connectivity index (χ2n) is 8.16. The summed E-state index contributed by atoms with van der Waals surface area (Å²) in [4.78, 5) is 13.2. The van der Waals surface area contributed by atoms with Gasteiger partial charge < -0.3 is 14.8 Å². The van der Waals surface area contributed by atoms with Gasteiger partial charge >= 0.3 is 0 Å². The van der Waals surface area contributed by atoms with Crippen molar-refractivity contribution in [2.45, 2.75) is 20.3 Å². The van der Waals surface area contributed by atoms with E-state index in [2.05, 4.69) is 31.3 Å². The average molecular weight is 456 g/mol. The first-order chi connectivity index (χ1) is 16.5. The maximum atomic E-state index is 13.2. The first kappa shape index (κ1) is 23.1. The number of nitrogens with zero attached hydrogens (tertiary/aromatic N) is 2. The molecular weight excluding hydrogens is 426 g/mol. The number of carbonyl (C=O) groups is 1. The fourth-order valence-electron chi connectivity index (χ4n) is 3.80. The molecule has 4 aromatic rings. The molecule has 1 heterocycles. The van der Waals surface area contributed by atoms with E-state index in [-0.39, 0.29) is 5.91 Å². The van der Waals surface area contributed by atoms with Crippen LogP contribution in [-0.2, 0) is 6.42 Å². The fraction of sp³-hybridized carbons (Fsp3) is 0.214. The zero-order chi connectivity index (χ0) is 24.1. The molecule has 0 aliphatic rings. The molecule has 6 nitrogen and oxygen atoms in total. The van der Waals surface area contributed by atoms with E-state index in [0.717, 1.165) is 22.5 Å². The molecule has 6 heteroatoms. The highest BCUT2D eigenvalue weighted by atomic mass is 16.5. The molecular formula is C28H29N3O3. The minimum atomic E-state index is -0.174. The molecule has 1 N–H and O–H groups in total. The lowest BCUT2D eigenvalue weighted by Gasteiger charge is -2.11. The molecule has 1 aromatic heterocycles. The number of aryl methyl sites for hydroxylation is 2. The van der Waals surface area contributed by atoms with Crippen LogP contribution in [0.25, 0.3) is 16.9 Å². The number of para-hydroxylation sites is 1. The Morgan fingerprint density at radius 3 is 2.35 bits per heavy atom. The van der Waals surface area contributed by atoms with Crippen molar-refractivity contribution in [2.24, 2.45) is 0 Å². The zero-order valence-electron chi connectivity index (χ0n) is 20.0. The third kappa shape index (κ3) is 4.96. The number of nitrogens with one attached hydrogen (secondary N) is 1. The number of carbonyl (C=O) groups excluding carboxylic acids is 1. The largest absolute Gasteiger partial charge is 0.493 e. The van der Waals surface area contributed by atoms with E-state index in [1.807, 2.05) is 60.7 Å². The van der Waals surface area contributed by atoms with Crippen molar-refractivity contribution in [3.63, 3.8) is 0 Å². The Bertz CT molecular complexity index is 1300. The van der Waals surface area contributed by atoms with Gasteiger partial charge in [-0.15, -0.1) is 0 Å². The number of ether oxygens (including phenoxy) is 2. The van der Waals surface area contributed by atoms with Gasteiger partial charge in [0.05, 0.1) is 25.6 Å². The molecule has 0 atom stereocenters. The number of hydrogen-bond donors (Lipinski definition) is 1. The van der Waals surface area contributed by atoms with Crippen LogP contribution in [0.15, 0.2) is 72.8 Å². The van der Waals surface area contributed by atoms with Crippen molar-refractivity contribution in [1.82, 2.24) is 15.1 Å². The van der Waals surface area contributed by atoms with Crippen molar-refractivity contribution >= 4 is 5.91 Å². The van der Waals surface area contributed by atoms with Crippen LogP contribution >= 0.6 is 0 Å². The highest BCUT2D eigenvalue weighted by Gasteiger charge is 2.18. The monoisotopic (exact) mass is 455 g/mol. The number of amides is 1. The summed E-state index contributed by atoms with van der Waals surface area (Å²) in [6, 6.07) is 23.5. The lowest BCUT2D eigenvalue weighted by atomic mass is 10.0. The summed E-state index contributed by atoms with van der Waals surface area (Å²) in [7, 11) is 3.22. The molecule has 0 fully saturated rings. The van der Waals surface area contributed by atoms with E-state index in [9.17, 15) is 4.79 Å². The summed E-state index contributed by atoms with van der Waals surface area (Å²) in [5, 5.41) is 7.81. The number of aromatic nitrogens is 2. The van der Waals surface area contributed by atoms with Crippen molar-refractivity contribution in [2.75, 3.05) is 20.8 Å². The van der Waals surface area contributed by atoms with Crippen LogP contribution in [0, 0.1) is 13.8 Å². The van der Waals surface area contributed by atoms with Gasteiger partial charge in [-0.2, -0.15) is 5.10 Å². The van der Waals surface area contributed by atoms with Crippen LogP contribution in [0.3, 0.4) is 0 Å². The van der Waals surface area contributed by atoms with E-state index in [0.29, 0.717) is 30.2 Å². The summed E-state index contributed by atoms with van der Waals surface area (Å²) >= 11 is 0. The topological polar surface area (TPSA) is 65.4 Å². The maximum Gasteiger partial charge on any atom is 0.270 e. The summed E-state index contributed by atoms with van der Waals surface area (Å²) < 4.78 is 12.4. The minimum absolute atomic E-state index is 0.174. The second-order valence-corrected chi connectivity index (χ2v) is 8.16. The van der Waals surface area contributed by atoms with E-state index in [1.54, 1.807) is 18.9 Å². The zero-order valence-corrected chi connectivity index (χ0v) is 20.0. The first-order valence-electron chi connectivity index (χ1n) is 11.2. The van der Waals surface area contributed by atoms with Crippen molar-refractivity contribution in [3.8, 4) is 28.4 Å². The molecule has 34 heavy (non-hydrogen) atoms. The van der Waals surface area contributed by atoms with Crippen LogP contribution in [0.4, 0.5) is 0 Å². The lowest BCUT2D eigenvalue weighted by molar-refractivity contribution is 0.0946. The SMILES string of the molecule is COc1ccc(CCNC(=O)c2cc(-c3ccc(C)c(C)c3)nn2-c2ccccc2)cc1OC. The van der Waals surface area contributed by atoms with E-state index < -0.39 is 0 Å². The predicted molar refractivity (Wildman–Crippen MR) is 134 cm³/mol. The normalized spacial score (nSPS) is 10.7. The van der Waals surface area contributed by atoms with Gasteiger partial charge in [0, 0.05) is 12.1 Å². The van der Waals surface area contributed by atoms with Crippen LogP contribution in [-0.4, -0.2) is 36.5 Å². The summed E-state index contributed by atoms with van der Waals surface area (Å²) in [6.07, 6.45) is 0.662. The van der Waals surface area contributed by atoms with Gasteiger partial charge in [-0.3, -0.25) is 4.79 Å². The number of methoxy groups -OCH3 is 2. The summed E-state index contributed by atoms with van der Waals surface area (Å²) in [6.45, 7) is 4.64. The van der Waals surface area contributed by atoms with E-state index in [4.69, 9.17) is 14.6 Å². The Kier molecular flexibility index (Phi) is 6.97. The van der Waals surface area contributed by atoms with Gasteiger partial charge in [-0.1, -0.05) is 36.4 Å². The minimum Gasteiger partial charge on any atom is -0.493 e. The first-order valence-corrected chi connectivity index (χ1v) is 11.2. The Balaban J connectivity index is 1.56. The second kappa shape index (κ2) is 10.3. The Hall–Kier alpha value is -4.06. The molecule has 0 aliphatic carbocycles. The third-order valence-electron chi connectivity index (χ3n) is 5.89. The molecule has 0 saturated carbocycles. The molecule has 0 unspecified atom stereocenters. The van der Waals surface area contributed by atoms with Gasteiger partial charge in [-0.05, 0) is 73.4 Å². The van der Waals surface area contributed by atoms with Crippen molar-refractivity contribution < 1.29 is 14.3 Å². The highest BCUT2D eigenvalue weighted by Crippen LogP contribution is 2.28. The molecule has 0 spiro atoms. The van der Waals surface area contributed by atoms with Gasteiger partial charge in [0.15, 0.2) is 11.5 Å². The summed E-state index contributed by atoms with van der Waals surface area (Å²) in [5.41, 5.74) is 6.53. The molecule has 0 radical (unpaired) electrons. The standard InChI is InChI=1S/C28H29N3O3/c1-19-10-12-22(16-20(19)2)24-18-25(31(30-24)23-8-6-5-7-9-23)28(32)29-15-14-21-11-13-26(33-3)27(17-21)34-4/h5-13,16-18H,14-15H2,1-4H3,(H,29,32). The Labute approximate surface area is 200 Å². The predicted octanol–water partition coefficient (Wildman–Crippen LogP) is 5.15. The summed E-state index contributed by atoms with van der Waals surface area (Å²) in [5.74, 6) is 1.18. The number of hydrogen-bond acceptors (Lipinski definition) is 4. The molecule has 0 bridgehead atoms. The van der Waals surface area contributed by atoms with Crippen LogP contribution in [0.2, 0.25) is 0 Å². The maximum absolute atomic E-state index is 13.2. The van der Waals surface area contributed by atoms with E-state index in [1.165, 1.54) is 11.1 Å². The molecule has 174 valence electrons. The number of rotatable bonds is 8. The molecule has 1 amide bonds. The van der Waals surface area contributed by atoms with Crippen LogP contribution in [0.1, 0.15) is 27.2 Å². The fourth-order valence-corrected chi connectivity index (χ4v) is 3.80. The van der Waals surface area contributed by atoms with Crippen molar-refractivity contribution in [1.29, 1.82) is 0 Å². The molecule has 0 aliphatic heterocycles. The quantitative estimate of drug-likeness (QED) is 0.399. The lowest BCUT2D eigenvalue weighted by Crippen LogP contribution is -2.27. The smallest absolute Gasteiger partial charge is 0.270 e. The Morgan fingerprint density at radius 2 is 1.65 bits per heavy atom. The Morgan fingerprint density at radius 1 is 0.882 bits per heavy atom. The van der Waals surface area contributed by atoms with Gasteiger partial charge in [0.1, 0.15) is 5.69 Å². The average Bonchev–Trinajstić information content (AvgIpc) is 3.32.